The van der Waals surface area contributed by atoms with Gasteiger partial charge in [0.1, 0.15) is 5.52 Å². The second-order valence-electron chi connectivity index (χ2n) is 4.46. The third kappa shape index (κ3) is 2.44. The number of hydrogen-bond donors (Lipinski definition) is 3. The molecule has 3 N–H and O–H groups in total. The predicted octanol–water partition coefficient (Wildman–Crippen LogP) is 2.77. The number of nitrogens with zero attached hydrogens (tertiary/aromatic N) is 3. The SMILES string of the molecule is CCNc1nc(NCc2cscc2C)c2[nH]cnc2n1. The van der Waals surface area contributed by atoms with Crippen LogP contribution < -0.4 is 10.6 Å². The van der Waals surface area contributed by atoms with Crippen molar-refractivity contribution in [2.45, 2.75) is 20.4 Å². The zero-order valence-corrected chi connectivity index (χ0v) is 12.2. The number of nitrogens with one attached hydrogen (secondary N) is 3. The van der Waals surface area contributed by atoms with E-state index in [1.807, 2.05) is 6.92 Å². The molecule has 20 heavy (non-hydrogen) atoms. The van der Waals surface area contributed by atoms with E-state index in [-0.39, 0.29) is 0 Å². The highest BCUT2D eigenvalue weighted by Crippen LogP contribution is 2.21. The highest BCUT2D eigenvalue weighted by Gasteiger charge is 2.10. The van der Waals surface area contributed by atoms with Crippen molar-refractivity contribution in [1.29, 1.82) is 0 Å². The summed E-state index contributed by atoms with van der Waals surface area (Å²) in [6.07, 6.45) is 1.64. The molecular formula is C13H16N6S. The molecule has 0 radical (unpaired) electrons. The fourth-order valence-electron chi connectivity index (χ4n) is 1.95. The number of imidazole rings is 1. The second-order valence-corrected chi connectivity index (χ2v) is 5.20. The number of aromatic nitrogens is 4. The monoisotopic (exact) mass is 288 g/mol. The van der Waals surface area contributed by atoms with E-state index in [2.05, 4.69) is 48.3 Å². The van der Waals surface area contributed by atoms with Gasteiger partial charge in [-0.2, -0.15) is 21.3 Å². The summed E-state index contributed by atoms with van der Waals surface area (Å²) < 4.78 is 0. The molecule has 3 heterocycles. The van der Waals surface area contributed by atoms with Crippen molar-refractivity contribution in [3.8, 4) is 0 Å². The van der Waals surface area contributed by atoms with Crippen molar-refractivity contribution in [2.75, 3.05) is 17.2 Å². The first kappa shape index (κ1) is 12.9. The molecule has 0 aliphatic carbocycles. The molecule has 0 amide bonds. The molecule has 3 aromatic rings. The van der Waals surface area contributed by atoms with Crippen molar-refractivity contribution in [3.63, 3.8) is 0 Å². The largest absolute Gasteiger partial charge is 0.364 e. The lowest BCUT2D eigenvalue weighted by molar-refractivity contribution is 1.07. The normalized spacial score (nSPS) is 10.9. The van der Waals surface area contributed by atoms with Gasteiger partial charge in [-0.15, -0.1) is 0 Å². The average molecular weight is 288 g/mol. The van der Waals surface area contributed by atoms with Crippen LogP contribution in [0.2, 0.25) is 0 Å². The lowest BCUT2D eigenvalue weighted by Crippen LogP contribution is -2.07. The Kier molecular flexibility index (Phi) is 3.51. The standard InChI is InChI=1S/C13H16N6S/c1-3-14-13-18-11(10-12(19-13)17-7-16-10)15-4-9-6-20-5-8(9)2/h5-7H,3-4H2,1-2H3,(H3,14,15,16,17,18,19). The minimum Gasteiger partial charge on any atom is -0.364 e. The Hall–Kier alpha value is -2.15. The summed E-state index contributed by atoms with van der Waals surface area (Å²) >= 11 is 1.71. The average Bonchev–Trinajstić information content (AvgIpc) is 3.05. The van der Waals surface area contributed by atoms with Crippen molar-refractivity contribution in [2.24, 2.45) is 0 Å². The molecule has 0 saturated carbocycles. The van der Waals surface area contributed by atoms with E-state index in [9.17, 15) is 0 Å². The molecule has 6 nitrogen and oxygen atoms in total. The Bertz CT molecular complexity index is 717. The van der Waals surface area contributed by atoms with Gasteiger partial charge in [0, 0.05) is 13.1 Å². The molecule has 0 aromatic carbocycles. The van der Waals surface area contributed by atoms with Crippen molar-refractivity contribution >= 4 is 34.3 Å². The Balaban J connectivity index is 1.89. The molecule has 3 aromatic heterocycles. The lowest BCUT2D eigenvalue weighted by Gasteiger charge is -2.08. The first-order valence-electron chi connectivity index (χ1n) is 6.48. The Morgan fingerprint density at radius 1 is 1.25 bits per heavy atom. The van der Waals surface area contributed by atoms with Crippen LogP contribution >= 0.6 is 11.3 Å². The van der Waals surface area contributed by atoms with Gasteiger partial charge in [0.25, 0.3) is 0 Å². The van der Waals surface area contributed by atoms with Crippen molar-refractivity contribution < 1.29 is 0 Å². The molecule has 0 unspecified atom stereocenters. The highest BCUT2D eigenvalue weighted by molar-refractivity contribution is 7.08. The Labute approximate surface area is 120 Å². The fraction of sp³-hybridized carbons (Fsp3) is 0.308. The molecule has 7 heteroatoms. The Morgan fingerprint density at radius 3 is 2.90 bits per heavy atom. The smallest absolute Gasteiger partial charge is 0.226 e. The van der Waals surface area contributed by atoms with E-state index < -0.39 is 0 Å². The first-order chi connectivity index (χ1) is 9.78. The van der Waals surface area contributed by atoms with Gasteiger partial charge in [-0.1, -0.05) is 0 Å². The number of anilines is 2. The number of fused-ring (bicyclic) bond motifs is 1. The summed E-state index contributed by atoms with van der Waals surface area (Å²) in [7, 11) is 0. The third-order valence-electron chi connectivity index (χ3n) is 3.03. The molecule has 104 valence electrons. The molecule has 0 fully saturated rings. The summed E-state index contributed by atoms with van der Waals surface area (Å²) in [6.45, 7) is 5.65. The summed E-state index contributed by atoms with van der Waals surface area (Å²) in [5.41, 5.74) is 4.08. The lowest BCUT2D eigenvalue weighted by atomic mass is 10.2. The zero-order chi connectivity index (χ0) is 13.9. The Morgan fingerprint density at radius 2 is 2.15 bits per heavy atom. The van der Waals surface area contributed by atoms with Crippen LogP contribution in [0.1, 0.15) is 18.1 Å². The van der Waals surface area contributed by atoms with E-state index in [0.29, 0.717) is 11.6 Å². The number of thiophene rings is 1. The van der Waals surface area contributed by atoms with Crippen molar-refractivity contribution in [3.05, 3.63) is 28.2 Å². The maximum atomic E-state index is 4.49. The van der Waals surface area contributed by atoms with Crippen LogP contribution in [0, 0.1) is 6.92 Å². The topological polar surface area (TPSA) is 78.5 Å². The van der Waals surface area contributed by atoms with Gasteiger partial charge in [0.15, 0.2) is 11.5 Å². The summed E-state index contributed by atoms with van der Waals surface area (Å²) in [5, 5.41) is 10.8. The number of H-pyrrole nitrogens is 1. The molecule has 0 aliphatic rings. The van der Waals surface area contributed by atoms with Gasteiger partial charge in [-0.25, -0.2) is 4.98 Å². The van der Waals surface area contributed by atoms with Crippen molar-refractivity contribution in [1.82, 2.24) is 19.9 Å². The molecular weight excluding hydrogens is 272 g/mol. The van der Waals surface area contributed by atoms with E-state index in [1.54, 1.807) is 17.7 Å². The molecule has 0 spiro atoms. The third-order valence-corrected chi connectivity index (χ3v) is 3.94. The predicted molar refractivity (Wildman–Crippen MR) is 82.2 cm³/mol. The van der Waals surface area contributed by atoms with Gasteiger partial charge >= 0.3 is 0 Å². The molecule has 0 atom stereocenters. The highest BCUT2D eigenvalue weighted by atomic mass is 32.1. The molecule has 0 aliphatic heterocycles. The second kappa shape index (κ2) is 5.46. The number of hydrogen-bond acceptors (Lipinski definition) is 6. The summed E-state index contributed by atoms with van der Waals surface area (Å²) in [4.78, 5) is 16.1. The summed E-state index contributed by atoms with van der Waals surface area (Å²) in [6, 6.07) is 0. The minimum absolute atomic E-state index is 0.594. The van der Waals surface area contributed by atoms with Gasteiger partial charge in [0.05, 0.1) is 6.33 Å². The maximum Gasteiger partial charge on any atom is 0.226 e. The number of rotatable bonds is 5. The quantitative estimate of drug-likeness (QED) is 0.673. The van der Waals surface area contributed by atoms with Crippen LogP contribution in [0.25, 0.3) is 11.2 Å². The minimum atomic E-state index is 0.594. The van der Waals surface area contributed by atoms with E-state index in [1.165, 1.54) is 11.1 Å². The molecule has 0 saturated heterocycles. The van der Waals surface area contributed by atoms with Gasteiger partial charge in [-0.05, 0) is 35.7 Å². The first-order valence-corrected chi connectivity index (χ1v) is 7.42. The van der Waals surface area contributed by atoms with Gasteiger partial charge < -0.3 is 15.6 Å². The molecule has 0 bridgehead atoms. The van der Waals surface area contributed by atoms with Gasteiger partial charge in [-0.3, -0.25) is 0 Å². The zero-order valence-electron chi connectivity index (χ0n) is 11.4. The van der Waals surface area contributed by atoms with E-state index in [0.717, 1.165) is 24.4 Å². The number of aryl methyl sites for hydroxylation is 1. The summed E-state index contributed by atoms with van der Waals surface area (Å²) in [5.74, 6) is 1.37. The number of aromatic amines is 1. The van der Waals surface area contributed by atoms with Crippen LogP contribution in [0.3, 0.4) is 0 Å². The van der Waals surface area contributed by atoms with Crippen LogP contribution in [0.4, 0.5) is 11.8 Å². The van der Waals surface area contributed by atoms with Crippen LogP contribution in [0.15, 0.2) is 17.1 Å². The van der Waals surface area contributed by atoms with Gasteiger partial charge in [0.2, 0.25) is 5.95 Å². The van der Waals surface area contributed by atoms with Crippen LogP contribution in [0.5, 0.6) is 0 Å². The molecule has 3 rings (SSSR count). The van der Waals surface area contributed by atoms with E-state index in [4.69, 9.17) is 0 Å². The van der Waals surface area contributed by atoms with E-state index >= 15 is 0 Å². The van der Waals surface area contributed by atoms with Crippen LogP contribution in [-0.2, 0) is 6.54 Å². The fourth-order valence-corrected chi connectivity index (χ4v) is 2.80. The van der Waals surface area contributed by atoms with Crippen LogP contribution in [-0.4, -0.2) is 26.5 Å². The maximum absolute atomic E-state index is 4.49.